The van der Waals surface area contributed by atoms with Crippen molar-refractivity contribution >= 4 is 23.5 Å². The summed E-state index contributed by atoms with van der Waals surface area (Å²) < 4.78 is 0. The summed E-state index contributed by atoms with van der Waals surface area (Å²) in [5, 5.41) is 5.29. The van der Waals surface area contributed by atoms with E-state index < -0.39 is 6.03 Å². The molecular weight excluding hydrogens is 278 g/mol. The fraction of sp³-hybridized carbons (Fsp3) is 0.429. The van der Waals surface area contributed by atoms with E-state index in [-0.39, 0.29) is 18.5 Å². The number of halogens is 1. The van der Waals surface area contributed by atoms with E-state index in [1.54, 1.807) is 0 Å². The number of imide groups is 1. The summed E-state index contributed by atoms with van der Waals surface area (Å²) in [7, 11) is 3.32. The number of likely N-dealkylation sites (N-methyl/N-ethyl adjacent to an activating group) is 1. The van der Waals surface area contributed by atoms with E-state index in [0.29, 0.717) is 5.02 Å². The molecule has 5 nitrogen and oxygen atoms in total. The Balaban J connectivity index is 2.46. The van der Waals surface area contributed by atoms with E-state index >= 15 is 0 Å². The second-order valence-corrected chi connectivity index (χ2v) is 5.16. The predicted octanol–water partition coefficient (Wildman–Crippen LogP) is 1.66. The van der Waals surface area contributed by atoms with Crippen molar-refractivity contribution in [1.82, 2.24) is 15.5 Å². The van der Waals surface area contributed by atoms with Crippen LogP contribution < -0.4 is 10.6 Å². The summed E-state index contributed by atoms with van der Waals surface area (Å²) >= 11 is 5.84. The molecule has 6 heteroatoms. The zero-order valence-electron chi connectivity index (χ0n) is 11.9. The van der Waals surface area contributed by atoms with Gasteiger partial charge < -0.3 is 5.32 Å². The second kappa shape index (κ2) is 7.87. The maximum absolute atomic E-state index is 11.6. The van der Waals surface area contributed by atoms with Gasteiger partial charge in [0, 0.05) is 18.1 Å². The molecule has 2 N–H and O–H groups in total. The van der Waals surface area contributed by atoms with Gasteiger partial charge in [0.25, 0.3) is 0 Å². The van der Waals surface area contributed by atoms with Gasteiger partial charge in [0.05, 0.1) is 6.54 Å². The summed E-state index contributed by atoms with van der Waals surface area (Å²) in [4.78, 5) is 24.5. The Labute approximate surface area is 124 Å². The van der Waals surface area contributed by atoms with Crippen LogP contribution in [0.1, 0.15) is 12.5 Å². The SMILES string of the molecule is CNC(=O)NC(=O)CN(C)[C@@H](C)Cc1ccc(Cl)cc1. The van der Waals surface area contributed by atoms with Crippen LogP contribution in [0.4, 0.5) is 4.79 Å². The molecule has 0 fully saturated rings. The van der Waals surface area contributed by atoms with Crippen LogP contribution in [0, 0.1) is 0 Å². The van der Waals surface area contributed by atoms with Gasteiger partial charge in [-0.15, -0.1) is 0 Å². The van der Waals surface area contributed by atoms with E-state index in [1.165, 1.54) is 7.05 Å². The van der Waals surface area contributed by atoms with Crippen molar-refractivity contribution in [1.29, 1.82) is 0 Å². The van der Waals surface area contributed by atoms with Crippen molar-refractivity contribution < 1.29 is 9.59 Å². The zero-order chi connectivity index (χ0) is 15.1. The Morgan fingerprint density at radius 3 is 2.45 bits per heavy atom. The summed E-state index contributed by atoms with van der Waals surface area (Å²) in [6.07, 6.45) is 0.806. The quantitative estimate of drug-likeness (QED) is 0.869. The Hall–Kier alpha value is -1.59. The minimum atomic E-state index is -0.492. The lowest BCUT2D eigenvalue weighted by atomic mass is 10.1. The van der Waals surface area contributed by atoms with E-state index in [2.05, 4.69) is 10.6 Å². The molecule has 0 heterocycles. The van der Waals surface area contributed by atoms with Gasteiger partial charge in [-0.1, -0.05) is 23.7 Å². The highest BCUT2D eigenvalue weighted by Crippen LogP contribution is 2.12. The third kappa shape index (κ3) is 5.59. The second-order valence-electron chi connectivity index (χ2n) is 4.72. The molecular formula is C14H20ClN3O2. The highest BCUT2D eigenvalue weighted by molar-refractivity contribution is 6.30. The molecule has 0 radical (unpaired) electrons. The summed E-state index contributed by atoms with van der Waals surface area (Å²) in [6, 6.07) is 7.32. The van der Waals surface area contributed by atoms with Crippen LogP contribution in [-0.2, 0) is 11.2 Å². The highest BCUT2D eigenvalue weighted by Gasteiger charge is 2.14. The third-order valence-electron chi connectivity index (χ3n) is 3.07. The molecule has 3 amide bonds. The Kier molecular flexibility index (Phi) is 6.48. The van der Waals surface area contributed by atoms with E-state index in [1.807, 2.05) is 43.1 Å². The molecule has 1 aromatic rings. The third-order valence-corrected chi connectivity index (χ3v) is 3.32. The lowest BCUT2D eigenvalue weighted by molar-refractivity contribution is -0.121. The standard InChI is InChI=1S/C14H20ClN3O2/c1-10(8-11-4-6-12(15)7-5-11)18(3)9-13(19)17-14(20)16-2/h4-7,10H,8-9H2,1-3H3,(H2,16,17,19,20)/t10-/m0/s1. The van der Waals surface area contributed by atoms with Crippen LogP contribution in [0.5, 0.6) is 0 Å². The predicted molar refractivity (Wildman–Crippen MR) is 79.8 cm³/mol. The molecule has 0 aromatic heterocycles. The number of carbonyl (C=O) groups is 2. The summed E-state index contributed by atoms with van der Waals surface area (Å²) in [6.45, 7) is 2.20. The van der Waals surface area contributed by atoms with E-state index in [0.717, 1.165) is 12.0 Å². The minimum Gasteiger partial charge on any atom is -0.341 e. The van der Waals surface area contributed by atoms with Gasteiger partial charge in [0.15, 0.2) is 0 Å². The first kappa shape index (κ1) is 16.5. The van der Waals surface area contributed by atoms with Crippen molar-refractivity contribution in [2.75, 3.05) is 20.6 Å². The van der Waals surface area contributed by atoms with Gasteiger partial charge in [-0.2, -0.15) is 0 Å². The van der Waals surface area contributed by atoms with Crippen LogP contribution in [0.15, 0.2) is 24.3 Å². The number of hydrogen-bond donors (Lipinski definition) is 2. The molecule has 110 valence electrons. The normalized spacial score (nSPS) is 12.1. The van der Waals surface area contributed by atoms with Crippen molar-refractivity contribution in [2.24, 2.45) is 0 Å². The first-order valence-corrected chi connectivity index (χ1v) is 6.76. The van der Waals surface area contributed by atoms with Gasteiger partial charge in [-0.25, -0.2) is 4.79 Å². The van der Waals surface area contributed by atoms with Gasteiger partial charge >= 0.3 is 6.03 Å². The highest BCUT2D eigenvalue weighted by atomic mass is 35.5. The van der Waals surface area contributed by atoms with Crippen LogP contribution >= 0.6 is 11.6 Å². The van der Waals surface area contributed by atoms with Crippen molar-refractivity contribution in [2.45, 2.75) is 19.4 Å². The van der Waals surface area contributed by atoms with Crippen molar-refractivity contribution in [3.8, 4) is 0 Å². The van der Waals surface area contributed by atoms with Gasteiger partial charge in [-0.3, -0.25) is 15.0 Å². The molecule has 0 spiro atoms. The molecule has 0 bridgehead atoms. The largest absolute Gasteiger partial charge is 0.341 e. The number of nitrogens with zero attached hydrogens (tertiary/aromatic N) is 1. The molecule has 1 atom stereocenters. The number of amides is 3. The van der Waals surface area contributed by atoms with Gasteiger partial charge in [0.2, 0.25) is 5.91 Å². The average molecular weight is 298 g/mol. The molecule has 0 aliphatic rings. The molecule has 1 aromatic carbocycles. The average Bonchev–Trinajstić information content (AvgIpc) is 2.40. The first-order valence-electron chi connectivity index (χ1n) is 6.38. The van der Waals surface area contributed by atoms with Crippen molar-refractivity contribution in [3.63, 3.8) is 0 Å². The first-order chi connectivity index (χ1) is 9.42. The Morgan fingerprint density at radius 1 is 1.30 bits per heavy atom. The molecule has 0 saturated carbocycles. The number of nitrogens with one attached hydrogen (secondary N) is 2. The van der Waals surface area contributed by atoms with Gasteiger partial charge in [-0.05, 0) is 38.1 Å². The number of benzene rings is 1. The zero-order valence-corrected chi connectivity index (χ0v) is 12.7. The van der Waals surface area contributed by atoms with Crippen LogP contribution in [0.2, 0.25) is 5.02 Å². The number of carbonyl (C=O) groups excluding carboxylic acids is 2. The monoisotopic (exact) mass is 297 g/mol. The summed E-state index contributed by atoms with van der Waals surface area (Å²) in [5.74, 6) is -0.324. The molecule has 20 heavy (non-hydrogen) atoms. The molecule has 0 aliphatic heterocycles. The molecule has 0 saturated heterocycles. The van der Waals surface area contributed by atoms with Crippen LogP contribution in [0.3, 0.4) is 0 Å². The molecule has 1 rings (SSSR count). The fourth-order valence-electron chi connectivity index (χ4n) is 1.73. The smallest absolute Gasteiger partial charge is 0.321 e. The lowest BCUT2D eigenvalue weighted by Crippen LogP contribution is -2.44. The van der Waals surface area contributed by atoms with E-state index in [9.17, 15) is 9.59 Å². The molecule has 0 aliphatic carbocycles. The maximum Gasteiger partial charge on any atom is 0.321 e. The number of urea groups is 1. The van der Waals surface area contributed by atoms with Gasteiger partial charge in [0.1, 0.15) is 0 Å². The topological polar surface area (TPSA) is 61.4 Å². The summed E-state index contributed by atoms with van der Waals surface area (Å²) in [5.41, 5.74) is 1.15. The Bertz CT molecular complexity index is 462. The minimum absolute atomic E-state index is 0.169. The number of hydrogen-bond acceptors (Lipinski definition) is 3. The van der Waals surface area contributed by atoms with Crippen LogP contribution in [0.25, 0.3) is 0 Å². The maximum atomic E-state index is 11.6. The number of rotatable bonds is 5. The van der Waals surface area contributed by atoms with E-state index in [4.69, 9.17) is 11.6 Å². The Morgan fingerprint density at radius 2 is 1.90 bits per heavy atom. The van der Waals surface area contributed by atoms with Crippen molar-refractivity contribution in [3.05, 3.63) is 34.9 Å². The molecule has 0 unspecified atom stereocenters. The van der Waals surface area contributed by atoms with Crippen LogP contribution in [-0.4, -0.2) is 43.5 Å². The lowest BCUT2D eigenvalue weighted by Gasteiger charge is -2.24. The fourth-order valence-corrected chi connectivity index (χ4v) is 1.85.